The molecule has 0 fully saturated rings. The molecular weight excluding hydrogens is 418 g/mol. The number of nitrogens with one attached hydrogen (secondary N) is 2. The van der Waals surface area contributed by atoms with Crippen LogP contribution in [0, 0.1) is 6.92 Å². The van der Waals surface area contributed by atoms with Crippen LogP contribution in [0.1, 0.15) is 37.7 Å². The molecule has 0 saturated carbocycles. The zero-order chi connectivity index (χ0) is 22.8. The molecule has 164 valence electrons. The van der Waals surface area contributed by atoms with Gasteiger partial charge in [0.1, 0.15) is 11.5 Å². The van der Waals surface area contributed by atoms with Crippen molar-refractivity contribution in [3.05, 3.63) is 101 Å². The summed E-state index contributed by atoms with van der Waals surface area (Å²) in [6.07, 6.45) is 1.66. The number of aromatic amines is 1. The third kappa shape index (κ3) is 4.18. The van der Waals surface area contributed by atoms with Gasteiger partial charge in [-0.05, 0) is 55.5 Å². The Labute approximate surface area is 190 Å². The minimum absolute atomic E-state index is 0.100. The lowest BCUT2D eigenvalue weighted by molar-refractivity contribution is 0.0748. The highest BCUT2D eigenvalue weighted by Gasteiger charge is 2.30. The number of anilines is 1. The fraction of sp³-hybridized carbons (Fsp3) is 0.120. The molecule has 1 aliphatic rings. The summed E-state index contributed by atoms with van der Waals surface area (Å²) in [4.78, 5) is 31.6. The standard InChI is InChI=1S/C25H21N5O3/c1-16-20(8-5-13-26-16)25(32)30-14-21-22(15-30)28-29-23(21)27-24(31)17-9-11-19(12-10-17)33-18-6-3-2-4-7-18/h2-13H,14-15H2,1H3,(H2,27,28,29,31). The third-order valence-electron chi connectivity index (χ3n) is 5.50. The van der Waals surface area contributed by atoms with Crippen molar-refractivity contribution >= 4 is 17.6 Å². The Balaban J connectivity index is 1.25. The Morgan fingerprint density at radius 2 is 1.73 bits per heavy atom. The van der Waals surface area contributed by atoms with E-state index in [1.54, 1.807) is 47.5 Å². The van der Waals surface area contributed by atoms with E-state index in [-0.39, 0.29) is 11.8 Å². The minimum atomic E-state index is -0.288. The number of H-pyrrole nitrogens is 1. The van der Waals surface area contributed by atoms with E-state index in [4.69, 9.17) is 4.74 Å². The molecule has 8 nitrogen and oxygen atoms in total. The smallest absolute Gasteiger partial charge is 0.256 e. The van der Waals surface area contributed by atoms with Crippen LogP contribution in [0.15, 0.2) is 72.9 Å². The summed E-state index contributed by atoms with van der Waals surface area (Å²) in [6.45, 7) is 2.57. The molecule has 4 aromatic rings. The quantitative estimate of drug-likeness (QED) is 0.483. The summed E-state index contributed by atoms with van der Waals surface area (Å²) < 4.78 is 5.77. The van der Waals surface area contributed by atoms with E-state index in [0.29, 0.717) is 41.5 Å². The molecule has 0 radical (unpaired) electrons. The van der Waals surface area contributed by atoms with Crippen LogP contribution in [0.3, 0.4) is 0 Å². The van der Waals surface area contributed by atoms with E-state index < -0.39 is 0 Å². The van der Waals surface area contributed by atoms with E-state index in [1.165, 1.54) is 0 Å². The Bertz CT molecular complexity index is 1320. The number of nitrogens with zero attached hydrogens (tertiary/aromatic N) is 3. The zero-order valence-electron chi connectivity index (χ0n) is 17.9. The van der Waals surface area contributed by atoms with Crippen molar-refractivity contribution in [3.8, 4) is 11.5 Å². The van der Waals surface area contributed by atoms with Crippen molar-refractivity contribution < 1.29 is 14.3 Å². The third-order valence-corrected chi connectivity index (χ3v) is 5.50. The van der Waals surface area contributed by atoms with Crippen molar-refractivity contribution in [2.24, 2.45) is 0 Å². The van der Waals surface area contributed by atoms with E-state index in [0.717, 1.165) is 17.0 Å². The molecule has 5 rings (SSSR count). The summed E-state index contributed by atoms with van der Waals surface area (Å²) in [7, 11) is 0. The lowest BCUT2D eigenvalue weighted by Gasteiger charge is -2.16. The van der Waals surface area contributed by atoms with Gasteiger partial charge in [-0.2, -0.15) is 5.10 Å². The molecule has 0 saturated heterocycles. The molecule has 0 spiro atoms. The van der Waals surface area contributed by atoms with Crippen LogP contribution in [0.25, 0.3) is 0 Å². The summed E-state index contributed by atoms with van der Waals surface area (Å²) in [5, 5.41) is 10.0. The van der Waals surface area contributed by atoms with Gasteiger partial charge in [-0.25, -0.2) is 0 Å². The van der Waals surface area contributed by atoms with E-state index in [1.807, 2.05) is 37.3 Å². The number of aromatic nitrogens is 3. The number of ether oxygens (including phenoxy) is 1. The number of para-hydroxylation sites is 1. The molecule has 2 N–H and O–H groups in total. The maximum Gasteiger partial charge on any atom is 0.256 e. The van der Waals surface area contributed by atoms with Gasteiger partial charge in [-0.1, -0.05) is 18.2 Å². The van der Waals surface area contributed by atoms with Gasteiger partial charge in [0.25, 0.3) is 11.8 Å². The first-order valence-corrected chi connectivity index (χ1v) is 10.5. The van der Waals surface area contributed by atoms with E-state index in [2.05, 4.69) is 20.5 Å². The fourth-order valence-corrected chi connectivity index (χ4v) is 3.75. The number of carbonyl (C=O) groups is 2. The predicted octanol–water partition coefficient (Wildman–Crippen LogP) is 4.31. The Kier molecular flexibility index (Phi) is 5.32. The van der Waals surface area contributed by atoms with Gasteiger partial charge in [-0.3, -0.25) is 19.7 Å². The van der Waals surface area contributed by atoms with Crippen LogP contribution >= 0.6 is 0 Å². The summed E-state index contributed by atoms with van der Waals surface area (Å²) in [6, 6.07) is 19.8. The molecule has 3 heterocycles. The molecule has 2 amide bonds. The van der Waals surface area contributed by atoms with E-state index >= 15 is 0 Å². The molecule has 33 heavy (non-hydrogen) atoms. The van der Waals surface area contributed by atoms with Crippen LogP contribution in [0.5, 0.6) is 11.5 Å². The van der Waals surface area contributed by atoms with Crippen LogP contribution in [0.2, 0.25) is 0 Å². The van der Waals surface area contributed by atoms with Gasteiger partial charge >= 0.3 is 0 Å². The molecule has 0 atom stereocenters. The summed E-state index contributed by atoms with van der Waals surface area (Å²) in [5.41, 5.74) is 3.35. The van der Waals surface area contributed by atoms with Crippen molar-refractivity contribution in [2.45, 2.75) is 20.0 Å². The second-order valence-corrected chi connectivity index (χ2v) is 7.72. The monoisotopic (exact) mass is 439 g/mol. The number of rotatable bonds is 5. The zero-order valence-corrected chi connectivity index (χ0v) is 17.9. The molecule has 0 aliphatic carbocycles. The molecule has 2 aromatic heterocycles. The number of hydrogen-bond acceptors (Lipinski definition) is 5. The fourth-order valence-electron chi connectivity index (χ4n) is 3.75. The van der Waals surface area contributed by atoms with Gasteiger partial charge in [0.05, 0.1) is 24.3 Å². The maximum atomic E-state index is 12.9. The van der Waals surface area contributed by atoms with Gasteiger partial charge in [0.15, 0.2) is 5.82 Å². The SMILES string of the molecule is Cc1ncccc1C(=O)N1Cc2[nH]nc(NC(=O)c3ccc(Oc4ccccc4)cc3)c2C1. The van der Waals surface area contributed by atoms with Gasteiger partial charge in [0.2, 0.25) is 0 Å². The average Bonchev–Trinajstić information content (AvgIpc) is 3.42. The molecule has 2 aromatic carbocycles. The first kappa shape index (κ1) is 20.4. The number of aryl methyl sites for hydroxylation is 1. The Morgan fingerprint density at radius 1 is 0.970 bits per heavy atom. The van der Waals surface area contributed by atoms with Gasteiger partial charge in [-0.15, -0.1) is 0 Å². The number of pyridine rings is 1. The molecule has 0 bridgehead atoms. The lowest BCUT2D eigenvalue weighted by atomic mass is 10.2. The van der Waals surface area contributed by atoms with Crippen molar-refractivity contribution in [1.29, 1.82) is 0 Å². The van der Waals surface area contributed by atoms with Crippen molar-refractivity contribution in [2.75, 3.05) is 5.32 Å². The molecular formula is C25H21N5O3. The highest BCUT2D eigenvalue weighted by atomic mass is 16.5. The van der Waals surface area contributed by atoms with Gasteiger partial charge < -0.3 is 15.0 Å². The van der Waals surface area contributed by atoms with Crippen LogP contribution < -0.4 is 10.1 Å². The Morgan fingerprint density at radius 3 is 2.48 bits per heavy atom. The first-order valence-electron chi connectivity index (χ1n) is 10.5. The minimum Gasteiger partial charge on any atom is -0.457 e. The Hall–Kier alpha value is -4.46. The van der Waals surface area contributed by atoms with E-state index in [9.17, 15) is 9.59 Å². The molecule has 0 unspecified atom stereocenters. The summed E-state index contributed by atoms with van der Waals surface area (Å²) >= 11 is 0. The lowest BCUT2D eigenvalue weighted by Crippen LogP contribution is -2.27. The van der Waals surface area contributed by atoms with Crippen molar-refractivity contribution in [3.63, 3.8) is 0 Å². The first-order chi connectivity index (χ1) is 16.1. The maximum absolute atomic E-state index is 12.9. The normalized spacial score (nSPS) is 12.3. The second-order valence-electron chi connectivity index (χ2n) is 7.72. The number of hydrogen-bond donors (Lipinski definition) is 2. The largest absolute Gasteiger partial charge is 0.457 e. The topological polar surface area (TPSA) is 100 Å². The summed E-state index contributed by atoms with van der Waals surface area (Å²) in [5.74, 6) is 1.40. The second kappa shape index (κ2) is 8.58. The van der Waals surface area contributed by atoms with Gasteiger partial charge in [0, 0.05) is 23.0 Å². The van der Waals surface area contributed by atoms with Crippen LogP contribution in [0.4, 0.5) is 5.82 Å². The highest BCUT2D eigenvalue weighted by Crippen LogP contribution is 2.29. The molecule has 1 aliphatic heterocycles. The predicted molar refractivity (Wildman–Crippen MR) is 122 cm³/mol. The molecule has 8 heteroatoms. The number of fused-ring (bicyclic) bond motifs is 1. The average molecular weight is 439 g/mol. The number of carbonyl (C=O) groups excluding carboxylic acids is 2. The van der Waals surface area contributed by atoms with Crippen molar-refractivity contribution in [1.82, 2.24) is 20.1 Å². The number of benzene rings is 2. The van der Waals surface area contributed by atoms with Crippen LogP contribution in [-0.2, 0) is 13.1 Å². The number of amides is 2. The van der Waals surface area contributed by atoms with Crippen LogP contribution in [-0.4, -0.2) is 31.9 Å². The highest BCUT2D eigenvalue weighted by molar-refractivity contribution is 6.04.